The second kappa shape index (κ2) is 5.40. The maximum absolute atomic E-state index is 9.43. The molecular weight excluding hydrogens is 190 g/mol. The van der Waals surface area contributed by atoms with Crippen molar-refractivity contribution in [2.24, 2.45) is 0 Å². The van der Waals surface area contributed by atoms with Crippen molar-refractivity contribution in [2.75, 3.05) is 0 Å². The van der Waals surface area contributed by atoms with Gasteiger partial charge in [0.1, 0.15) is 0 Å². The Morgan fingerprint density at radius 2 is 1.80 bits per heavy atom. The molecule has 3 heteroatoms. The number of hydrogen-bond acceptors (Lipinski definition) is 1. The van der Waals surface area contributed by atoms with Crippen LogP contribution in [0.25, 0.3) is 0 Å². The summed E-state index contributed by atoms with van der Waals surface area (Å²) in [6, 6.07) is 0. The number of carbonyl (C=O) groups is 1. The van der Waals surface area contributed by atoms with Crippen LogP contribution in [0.2, 0.25) is 0 Å². The van der Waals surface area contributed by atoms with Gasteiger partial charge in [-0.2, -0.15) is 0 Å². The van der Waals surface area contributed by atoms with E-state index in [-0.39, 0.29) is 33.3 Å². The summed E-state index contributed by atoms with van der Waals surface area (Å²) in [5.41, 5.74) is 0. The molecule has 24 valence electrons. The third-order valence-corrected chi connectivity index (χ3v) is 0. The van der Waals surface area contributed by atoms with Crippen molar-refractivity contribution in [2.45, 2.75) is 6.92 Å². The summed E-state index contributed by atoms with van der Waals surface area (Å²) >= 11 is 1.70. The van der Waals surface area contributed by atoms with Crippen LogP contribution in [-0.4, -0.2) is 3.79 Å². The number of rotatable bonds is 0. The van der Waals surface area contributed by atoms with Crippen molar-refractivity contribution in [3.63, 3.8) is 0 Å². The molecule has 0 fully saturated rings. The first-order chi connectivity index (χ1) is 1.73. The van der Waals surface area contributed by atoms with Crippen LogP contribution in [0, 0.1) is 0 Å². The summed E-state index contributed by atoms with van der Waals surface area (Å²) in [5.74, 6) is 0. The van der Waals surface area contributed by atoms with Crippen molar-refractivity contribution in [1.29, 1.82) is 0 Å². The van der Waals surface area contributed by atoms with E-state index < -0.39 is 0 Å². The standard InChI is InChI=1S/C2H3IO.Na/c1-2(3)4;/h1H3;/q;+1. The van der Waals surface area contributed by atoms with Crippen LogP contribution in [0.1, 0.15) is 6.92 Å². The normalized spacial score (nSPS) is 5.20. The van der Waals surface area contributed by atoms with Gasteiger partial charge in [0.15, 0.2) is 3.79 Å². The van der Waals surface area contributed by atoms with Crippen LogP contribution in [0.4, 0.5) is 0 Å². The topological polar surface area (TPSA) is 17.1 Å². The predicted octanol–water partition coefficient (Wildman–Crippen LogP) is -2.03. The van der Waals surface area contributed by atoms with E-state index >= 15 is 0 Å². The SMILES string of the molecule is CC(=O)I.[Na+]. The minimum Gasteiger partial charge on any atom is -0.288 e. The van der Waals surface area contributed by atoms with Gasteiger partial charge in [-0.3, -0.25) is 4.79 Å². The van der Waals surface area contributed by atoms with Gasteiger partial charge in [0.2, 0.25) is 0 Å². The van der Waals surface area contributed by atoms with E-state index in [0.29, 0.717) is 0 Å². The van der Waals surface area contributed by atoms with Gasteiger partial charge in [-0.15, -0.1) is 0 Å². The first kappa shape index (κ1) is 9.64. The largest absolute Gasteiger partial charge is 1.00 e. The monoisotopic (exact) mass is 193 g/mol. The Bertz CT molecular complexity index is 32.6. The van der Waals surface area contributed by atoms with E-state index in [0.717, 1.165) is 0 Å². The molecule has 0 atom stereocenters. The molecule has 0 unspecified atom stereocenters. The van der Waals surface area contributed by atoms with Crippen molar-refractivity contribution >= 4 is 26.4 Å². The van der Waals surface area contributed by atoms with Gasteiger partial charge in [-0.05, 0) is 22.6 Å². The minimum absolute atomic E-state index is 0. The van der Waals surface area contributed by atoms with Gasteiger partial charge in [0.05, 0.1) is 0 Å². The number of halogens is 1. The van der Waals surface area contributed by atoms with Gasteiger partial charge >= 0.3 is 29.6 Å². The van der Waals surface area contributed by atoms with E-state index in [1.54, 1.807) is 22.6 Å². The maximum atomic E-state index is 9.43. The Morgan fingerprint density at radius 3 is 1.80 bits per heavy atom. The fourth-order valence-electron chi connectivity index (χ4n) is 0. The second-order valence-electron chi connectivity index (χ2n) is 0.470. The summed E-state index contributed by atoms with van der Waals surface area (Å²) in [6.45, 7) is 1.51. The van der Waals surface area contributed by atoms with Crippen molar-refractivity contribution < 1.29 is 34.4 Å². The average molecular weight is 193 g/mol. The van der Waals surface area contributed by atoms with Crippen LogP contribution in [0.15, 0.2) is 0 Å². The number of carbonyl (C=O) groups excluding carboxylic acids is 1. The van der Waals surface area contributed by atoms with E-state index in [1.165, 1.54) is 6.92 Å². The van der Waals surface area contributed by atoms with E-state index in [1.807, 2.05) is 0 Å². The molecule has 0 radical (unpaired) electrons. The third kappa shape index (κ3) is 31.8. The van der Waals surface area contributed by atoms with E-state index in [4.69, 9.17) is 0 Å². The van der Waals surface area contributed by atoms with Crippen LogP contribution in [-0.2, 0) is 4.79 Å². The maximum Gasteiger partial charge on any atom is 1.00 e. The smallest absolute Gasteiger partial charge is 0.288 e. The third-order valence-electron chi connectivity index (χ3n) is 0. The first-order valence-corrected chi connectivity index (χ1v) is 1.97. The molecular formula is C2H3INaO+. The zero-order valence-electron chi connectivity index (χ0n) is 3.29. The van der Waals surface area contributed by atoms with Crippen molar-refractivity contribution in [3.05, 3.63) is 0 Å². The molecule has 0 heterocycles. The molecule has 1 nitrogen and oxygen atoms in total. The van der Waals surface area contributed by atoms with Crippen molar-refractivity contribution in [1.82, 2.24) is 0 Å². The number of hydrogen-bond donors (Lipinski definition) is 0. The van der Waals surface area contributed by atoms with E-state index in [9.17, 15) is 4.79 Å². The van der Waals surface area contributed by atoms with Gasteiger partial charge in [0, 0.05) is 6.92 Å². The molecule has 0 aliphatic carbocycles. The van der Waals surface area contributed by atoms with Crippen LogP contribution >= 0.6 is 22.6 Å². The Hall–Kier alpha value is 1.40. The van der Waals surface area contributed by atoms with Gasteiger partial charge in [-0.1, -0.05) is 0 Å². The molecule has 0 aromatic carbocycles. The molecule has 0 spiro atoms. The average Bonchev–Trinajstić information content (AvgIpc) is 0.811. The van der Waals surface area contributed by atoms with Crippen LogP contribution < -0.4 is 29.6 Å². The van der Waals surface area contributed by atoms with Gasteiger partial charge in [-0.25, -0.2) is 0 Å². The molecule has 0 aromatic heterocycles. The molecule has 0 aromatic rings. The Labute approximate surface area is 66.9 Å². The van der Waals surface area contributed by atoms with E-state index in [2.05, 4.69) is 0 Å². The summed E-state index contributed by atoms with van der Waals surface area (Å²) in [4.78, 5) is 9.43. The summed E-state index contributed by atoms with van der Waals surface area (Å²) < 4.78 is 0.137. The molecule has 0 aliphatic heterocycles. The quantitative estimate of drug-likeness (QED) is 0.246. The zero-order valence-corrected chi connectivity index (χ0v) is 7.44. The fourth-order valence-corrected chi connectivity index (χ4v) is 0. The molecule has 0 saturated heterocycles. The summed E-state index contributed by atoms with van der Waals surface area (Å²) in [5, 5.41) is 0. The first-order valence-electron chi connectivity index (χ1n) is 0.893. The minimum atomic E-state index is 0. The Morgan fingerprint density at radius 1 is 1.80 bits per heavy atom. The molecule has 0 bridgehead atoms. The molecule has 0 aliphatic rings. The summed E-state index contributed by atoms with van der Waals surface area (Å²) in [6.07, 6.45) is 0. The second-order valence-corrected chi connectivity index (χ2v) is 1.99. The van der Waals surface area contributed by atoms with Crippen LogP contribution in [0.5, 0.6) is 0 Å². The summed E-state index contributed by atoms with van der Waals surface area (Å²) in [7, 11) is 0. The molecule has 0 rings (SSSR count). The fraction of sp³-hybridized carbons (Fsp3) is 0.500. The van der Waals surface area contributed by atoms with Gasteiger partial charge in [0.25, 0.3) is 0 Å². The Kier molecular flexibility index (Phi) is 10.4. The predicted molar refractivity (Wildman–Crippen MR) is 24.7 cm³/mol. The van der Waals surface area contributed by atoms with Crippen molar-refractivity contribution in [3.8, 4) is 0 Å². The molecule has 0 amide bonds. The molecule has 5 heavy (non-hydrogen) atoms. The van der Waals surface area contributed by atoms with Gasteiger partial charge < -0.3 is 0 Å². The zero-order chi connectivity index (χ0) is 3.58. The molecule has 0 N–H and O–H groups in total. The Balaban J connectivity index is 0. The molecule has 0 saturated carbocycles. The van der Waals surface area contributed by atoms with Crippen LogP contribution in [0.3, 0.4) is 0 Å².